The lowest BCUT2D eigenvalue weighted by molar-refractivity contribution is -0.142. The van der Waals surface area contributed by atoms with Crippen LogP contribution in [0.5, 0.6) is 0 Å². The fraction of sp³-hybridized carbons (Fsp3) is 0.333. The highest BCUT2D eigenvalue weighted by Crippen LogP contribution is 2.50. The SMILES string of the molecule is O=C(O)[C@@H]1CN(C(=O)C2(c3ccccc3)CC2)C[C@H]1c1ccc(Cl)cc1. The number of amides is 1. The van der Waals surface area contributed by atoms with Gasteiger partial charge >= 0.3 is 5.97 Å². The van der Waals surface area contributed by atoms with Crippen molar-refractivity contribution in [2.45, 2.75) is 24.2 Å². The summed E-state index contributed by atoms with van der Waals surface area (Å²) in [5.41, 5.74) is 1.49. The molecule has 1 N–H and O–H groups in total. The molecule has 4 nitrogen and oxygen atoms in total. The Morgan fingerprint density at radius 2 is 1.65 bits per heavy atom. The molecule has 1 amide bonds. The quantitative estimate of drug-likeness (QED) is 0.894. The Labute approximate surface area is 157 Å². The Bertz CT molecular complexity index is 830. The monoisotopic (exact) mass is 369 g/mol. The summed E-state index contributed by atoms with van der Waals surface area (Å²) in [6.07, 6.45) is 1.66. The molecule has 1 aliphatic heterocycles. The first kappa shape index (κ1) is 17.1. The van der Waals surface area contributed by atoms with Gasteiger partial charge in [-0.05, 0) is 36.1 Å². The molecule has 1 saturated carbocycles. The Morgan fingerprint density at radius 3 is 2.23 bits per heavy atom. The predicted octanol–water partition coefficient (Wildman–Crippen LogP) is 3.70. The number of likely N-dealkylation sites (tertiary alicyclic amines) is 1. The van der Waals surface area contributed by atoms with Crippen LogP contribution in [0.15, 0.2) is 54.6 Å². The van der Waals surface area contributed by atoms with Gasteiger partial charge in [-0.15, -0.1) is 0 Å². The molecule has 1 saturated heterocycles. The van der Waals surface area contributed by atoms with Crippen LogP contribution in [0.3, 0.4) is 0 Å². The van der Waals surface area contributed by atoms with Crippen LogP contribution in [0.4, 0.5) is 0 Å². The summed E-state index contributed by atoms with van der Waals surface area (Å²) >= 11 is 5.95. The predicted molar refractivity (Wildman–Crippen MR) is 99.3 cm³/mol. The molecule has 2 aliphatic rings. The molecule has 2 aromatic carbocycles. The molecule has 1 aliphatic carbocycles. The summed E-state index contributed by atoms with van der Waals surface area (Å²) in [7, 11) is 0. The zero-order valence-electron chi connectivity index (χ0n) is 14.3. The van der Waals surface area contributed by atoms with E-state index in [1.165, 1.54) is 0 Å². The van der Waals surface area contributed by atoms with Crippen molar-refractivity contribution in [3.8, 4) is 0 Å². The highest BCUT2D eigenvalue weighted by molar-refractivity contribution is 6.30. The molecule has 0 radical (unpaired) electrons. The number of benzene rings is 2. The van der Waals surface area contributed by atoms with Gasteiger partial charge in [0.15, 0.2) is 0 Å². The van der Waals surface area contributed by atoms with E-state index < -0.39 is 17.3 Å². The largest absolute Gasteiger partial charge is 0.481 e. The number of carbonyl (C=O) groups excluding carboxylic acids is 1. The minimum absolute atomic E-state index is 0.0615. The summed E-state index contributed by atoms with van der Waals surface area (Å²) < 4.78 is 0. The van der Waals surface area contributed by atoms with E-state index in [1.54, 1.807) is 17.0 Å². The van der Waals surface area contributed by atoms with E-state index in [-0.39, 0.29) is 18.4 Å². The third-order valence-electron chi connectivity index (χ3n) is 5.71. The van der Waals surface area contributed by atoms with Gasteiger partial charge < -0.3 is 10.0 Å². The molecule has 0 bridgehead atoms. The van der Waals surface area contributed by atoms with Gasteiger partial charge in [0.05, 0.1) is 11.3 Å². The number of carboxylic acids is 1. The van der Waals surface area contributed by atoms with Gasteiger partial charge in [-0.25, -0.2) is 0 Å². The third-order valence-corrected chi connectivity index (χ3v) is 5.96. The lowest BCUT2D eigenvalue weighted by Crippen LogP contribution is -2.38. The Balaban J connectivity index is 1.59. The maximum Gasteiger partial charge on any atom is 0.308 e. The van der Waals surface area contributed by atoms with Crippen molar-refractivity contribution in [2.24, 2.45) is 5.92 Å². The van der Waals surface area contributed by atoms with E-state index in [0.717, 1.165) is 24.0 Å². The fourth-order valence-corrected chi connectivity index (χ4v) is 4.20. The van der Waals surface area contributed by atoms with E-state index in [4.69, 9.17) is 11.6 Å². The molecule has 26 heavy (non-hydrogen) atoms. The molecule has 4 rings (SSSR count). The van der Waals surface area contributed by atoms with Crippen LogP contribution >= 0.6 is 11.6 Å². The topological polar surface area (TPSA) is 57.6 Å². The minimum Gasteiger partial charge on any atom is -0.481 e. The summed E-state index contributed by atoms with van der Waals surface area (Å²) in [4.78, 5) is 26.8. The first-order valence-electron chi connectivity index (χ1n) is 8.84. The molecule has 0 spiro atoms. The highest BCUT2D eigenvalue weighted by Gasteiger charge is 2.55. The number of nitrogens with zero attached hydrogens (tertiary/aromatic N) is 1. The van der Waals surface area contributed by atoms with Crippen LogP contribution in [-0.2, 0) is 15.0 Å². The maximum absolute atomic E-state index is 13.2. The van der Waals surface area contributed by atoms with Crippen molar-refractivity contribution < 1.29 is 14.7 Å². The number of carboxylic acid groups (broad SMARTS) is 1. The zero-order valence-corrected chi connectivity index (χ0v) is 15.0. The molecule has 5 heteroatoms. The van der Waals surface area contributed by atoms with Crippen molar-refractivity contribution in [1.29, 1.82) is 0 Å². The van der Waals surface area contributed by atoms with Crippen LogP contribution in [-0.4, -0.2) is 35.0 Å². The van der Waals surface area contributed by atoms with Crippen molar-refractivity contribution in [2.75, 3.05) is 13.1 Å². The Hall–Kier alpha value is -2.33. The van der Waals surface area contributed by atoms with Crippen LogP contribution in [0.1, 0.15) is 29.9 Å². The standard InChI is InChI=1S/C21H20ClNO3/c22-16-8-6-14(7-9-16)17-12-23(13-18(17)19(24)25)20(26)21(10-11-21)15-4-2-1-3-5-15/h1-9,17-18H,10-13H2,(H,24,25)/t17-,18+/m0/s1. The number of halogens is 1. The smallest absolute Gasteiger partial charge is 0.308 e. The highest BCUT2D eigenvalue weighted by atomic mass is 35.5. The summed E-state index contributed by atoms with van der Waals surface area (Å²) in [5.74, 6) is -1.59. The first-order valence-corrected chi connectivity index (χ1v) is 9.22. The van der Waals surface area contributed by atoms with Crippen LogP contribution < -0.4 is 0 Å². The second-order valence-electron chi connectivity index (χ2n) is 7.26. The average molecular weight is 370 g/mol. The Morgan fingerprint density at radius 1 is 1.00 bits per heavy atom. The normalized spacial score (nSPS) is 23.7. The van der Waals surface area contributed by atoms with Crippen molar-refractivity contribution >= 4 is 23.5 Å². The van der Waals surface area contributed by atoms with Gasteiger partial charge in [-0.3, -0.25) is 9.59 Å². The summed E-state index contributed by atoms with van der Waals surface area (Å²) in [5, 5.41) is 10.3. The number of aliphatic carboxylic acids is 1. The summed E-state index contributed by atoms with van der Waals surface area (Å²) in [6, 6.07) is 17.1. The second-order valence-corrected chi connectivity index (χ2v) is 7.70. The lowest BCUT2D eigenvalue weighted by Gasteiger charge is -2.23. The van der Waals surface area contributed by atoms with Gasteiger partial charge in [-0.2, -0.15) is 0 Å². The number of rotatable bonds is 4. The van der Waals surface area contributed by atoms with E-state index in [0.29, 0.717) is 11.6 Å². The van der Waals surface area contributed by atoms with Gasteiger partial charge in [-0.1, -0.05) is 54.1 Å². The van der Waals surface area contributed by atoms with Gasteiger partial charge in [0.25, 0.3) is 0 Å². The van der Waals surface area contributed by atoms with Crippen LogP contribution in [0.25, 0.3) is 0 Å². The number of hydrogen-bond acceptors (Lipinski definition) is 2. The molecule has 0 unspecified atom stereocenters. The third kappa shape index (κ3) is 2.88. The zero-order chi connectivity index (χ0) is 18.3. The number of hydrogen-bond donors (Lipinski definition) is 1. The molecule has 134 valence electrons. The molecular weight excluding hydrogens is 350 g/mol. The molecular formula is C21H20ClNO3. The lowest BCUT2D eigenvalue weighted by atomic mass is 9.89. The molecule has 2 atom stereocenters. The molecule has 2 aromatic rings. The van der Waals surface area contributed by atoms with E-state index in [1.807, 2.05) is 42.5 Å². The van der Waals surface area contributed by atoms with Crippen molar-refractivity contribution in [3.63, 3.8) is 0 Å². The van der Waals surface area contributed by atoms with E-state index in [2.05, 4.69) is 0 Å². The van der Waals surface area contributed by atoms with E-state index >= 15 is 0 Å². The average Bonchev–Trinajstić information content (AvgIpc) is 3.34. The van der Waals surface area contributed by atoms with Crippen LogP contribution in [0.2, 0.25) is 5.02 Å². The van der Waals surface area contributed by atoms with Gasteiger partial charge in [0.1, 0.15) is 0 Å². The Kier molecular flexibility index (Phi) is 4.23. The number of carbonyl (C=O) groups is 2. The van der Waals surface area contributed by atoms with Gasteiger partial charge in [0.2, 0.25) is 5.91 Å². The second kappa shape index (κ2) is 6.44. The van der Waals surface area contributed by atoms with E-state index in [9.17, 15) is 14.7 Å². The van der Waals surface area contributed by atoms with Crippen molar-refractivity contribution in [3.05, 3.63) is 70.7 Å². The first-order chi connectivity index (χ1) is 12.5. The van der Waals surface area contributed by atoms with Crippen molar-refractivity contribution in [1.82, 2.24) is 4.90 Å². The molecule has 2 fully saturated rings. The van der Waals surface area contributed by atoms with Crippen LogP contribution in [0, 0.1) is 5.92 Å². The molecule has 0 aromatic heterocycles. The minimum atomic E-state index is -0.857. The summed E-state index contributed by atoms with van der Waals surface area (Å²) in [6.45, 7) is 0.696. The fourth-order valence-electron chi connectivity index (χ4n) is 4.08. The molecule has 1 heterocycles. The maximum atomic E-state index is 13.2. The van der Waals surface area contributed by atoms with Gasteiger partial charge in [0, 0.05) is 24.0 Å².